The zero-order chi connectivity index (χ0) is 25.3. The van der Waals surface area contributed by atoms with Crippen molar-refractivity contribution >= 4 is 44.1 Å². The van der Waals surface area contributed by atoms with Crippen molar-refractivity contribution in [2.45, 2.75) is 23.5 Å². The Morgan fingerprint density at radius 3 is 2.81 bits per heavy atom. The van der Waals surface area contributed by atoms with Crippen LogP contribution < -0.4 is 21.1 Å². The number of morpholine rings is 1. The lowest BCUT2D eigenvalue weighted by atomic mass is 10.2. The van der Waals surface area contributed by atoms with E-state index in [4.69, 9.17) is 26.8 Å². The van der Waals surface area contributed by atoms with Gasteiger partial charge in [0, 0.05) is 36.1 Å². The number of benzene rings is 2. The fraction of sp³-hybridized carbons (Fsp3) is 0.375. The van der Waals surface area contributed by atoms with Crippen molar-refractivity contribution in [2.75, 3.05) is 44.7 Å². The van der Waals surface area contributed by atoms with Crippen molar-refractivity contribution in [3.63, 3.8) is 0 Å². The highest BCUT2D eigenvalue weighted by Gasteiger charge is 2.36. The number of H-pyrrole nitrogens is 1. The molecule has 2 aromatic carbocycles. The number of hydrogen-bond acceptors (Lipinski definition) is 7. The Kier molecular flexibility index (Phi) is 7.09. The molecule has 3 heterocycles. The van der Waals surface area contributed by atoms with E-state index in [0.717, 1.165) is 19.5 Å². The van der Waals surface area contributed by atoms with Crippen LogP contribution in [0.1, 0.15) is 16.9 Å². The number of primary amides is 1. The van der Waals surface area contributed by atoms with Crippen molar-refractivity contribution in [2.24, 2.45) is 5.73 Å². The Hall–Kier alpha value is -2.83. The zero-order valence-electron chi connectivity index (χ0n) is 19.5. The normalized spacial score (nSPS) is 21.0. The topological polar surface area (TPSA) is 139 Å². The van der Waals surface area contributed by atoms with Gasteiger partial charge >= 0.3 is 0 Å². The number of aromatic nitrogens is 1. The number of halogens is 1. The first kappa shape index (κ1) is 24.8. The number of para-hydroxylation sites is 1. The zero-order valence-corrected chi connectivity index (χ0v) is 21.1. The maximum atomic E-state index is 13.9. The minimum Gasteiger partial charge on any atom is -0.491 e. The van der Waals surface area contributed by atoms with E-state index in [0.29, 0.717) is 27.4 Å². The van der Waals surface area contributed by atoms with E-state index in [9.17, 15) is 13.2 Å². The van der Waals surface area contributed by atoms with Gasteiger partial charge in [0.05, 0.1) is 17.8 Å². The van der Waals surface area contributed by atoms with E-state index in [1.165, 1.54) is 4.31 Å². The van der Waals surface area contributed by atoms with Crippen LogP contribution in [0, 0.1) is 0 Å². The van der Waals surface area contributed by atoms with Crippen molar-refractivity contribution in [3.05, 3.63) is 53.2 Å². The number of nitrogens with zero attached hydrogens (tertiary/aromatic N) is 1. The molecule has 2 atom stereocenters. The number of nitrogens with two attached hydrogens (primary N) is 1. The van der Waals surface area contributed by atoms with Gasteiger partial charge in [-0.3, -0.25) is 4.79 Å². The second kappa shape index (κ2) is 10.3. The summed E-state index contributed by atoms with van der Waals surface area (Å²) in [6.07, 6.45) is 0.426. The molecule has 2 fully saturated rings. The predicted molar refractivity (Wildman–Crippen MR) is 137 cm³/mol. The van der Waals surface area contributed by atoms with Gasteiger partial charge in [0.1, 0.15) is 29.0 Å². The standard InChI is InChI=1S/C24H28ClN5O5S/c25-15-10-19-21(20(11-15)28-16-6-7-27-12-16)29-22(24(26)31)23(19)36(32,33)30-8-9-34-18(13-30)14-35-17-4-2-1-3-5-17/h1-5,10-11,16,18,27-29H,6-9,12-14H2,(H2,26,31)/t16?,18-/m0/s1. The van der Waals surface area contributed by atoms with Gasteiger partial charge in [0.25, 0.3) is 5.91 Å². The molecule has 36 heavy (non-hydrogen) atoms. The summed E-state index contributed by atoms with van der Waals surface area (Å²) in [5.74, 6) is -0.201. The van der Waals surface area contributed by atoms with E-state index in [-0.39, 0.29) is 42.9 Å². The molecule has 0 saturated carbocycles. The quantitative estimate of drug-likeness (QED) is 0.348. The summed E-state index contributed by atoms with van der Waals surface area (Å²) in [7, 11) is -4.13. The maximum absolute atomic E-state index is 13.9. The SMILES string of the molecule is NC(=O)c1[nH]c2c(NC3CCNC3)cc(Cl)cc2c1S(=O)(=O)N1CCO[C@H](COc2ccccc2)C1. The number of nitrogens with one attached hydrogen (secondary N) is 3. The van der Waals surface area contributed by atoms with Crippen molar-refractivity contribution in [3.8, 4) is 5.75 Å². The molecular weight excluding hydrogens is 506 g/mol. The second-order valence-electron chi connectivity index (χ2n) is 8.88. The molecule has 0 radical (unpaired) electrons. The summed E-state index contributed by atoms with van der Waals surface area (Å²) in [5, 5.41) is 7.34. The molecule has 10 nitrogen and oxygen atoms in total. The van der Waals surface area contributed by atoms with Gasteiger partial charge in [0.15, 0.2) is 0 Å². The molecule has 1 aromatic heterocycles. The number of hydrogen-bond donors (Lipinski definition) is 4. The monoisotopic (exact) mass is 533 g/mol. The highest BCUT2D eigenvalue weighted by atomic mass is 35.5. The first-order valence-electron chi connectivity index (χ1n) is 11.7. The largest absolute Gasteiger partial charge is 0.491 e. The number of sulfonamides is 1. The second-order valence-corrected chi connectivity index (χ2v) is 11.2. The summed E-state index contributed by atoms with van der Waals surface area (Å²) < 4.78 is 40.6. The fourth-order valence-electron chi connectivity index (χ4n) is 4.64. The number of anilines is 1. The summed E-state index contributed by atoms with van der Waals surface area (Å²) >= 11 is 6.40. The number of ether oxygens (including phenoxy) is 2. The van der Waals surface area contributed by atoms with E-state index in [1.54, 1.807) is 12.1 Å². The van der Waals surface area contributed by atoms with Crippen molar-refractivity contribution < 1.29 is 22.7 Å². The van der Waals surface area contributed by atoms with Crippen LogP contribution in [0.4, 0.5) is 5.69 Å². The van der Waals surface area contributed by atoms with Gasteiger partial charge < -0.3 is 30.8 Å². The Morgan fingerprint density at radius 2 is 2.08 bits per heavy atom. The average molecular weight is 534 g/mol. The van der Waals surface area contributed by atoms with Gasteiger partial charge in [-0.2, -0.15) is 4.31 Å². The third-order valence-electron chi connectivity index (χ3n) is 6.37. The van der Waals surface area contributed by atoms with Crippen LogP contribution in [0.5, 0.6) is 5.75 Å². The number of rotatable bonds is 8. The molecule has 2 aliphatic rings. The predicted octanol–water partition coefficient (Wildman–Crippen LogP) is 2.16. The molecule has 1 unspecified atom stereocenters. The molecule has 0 aliphatic carbocycles. The number of aromatic amines is 1. The molecule has 192 valence electrons. The number of carbonyl (C=O) groups is 1. The third-order valence-corrected chi connectivity index (χ3v) is 8.54. The van der Waals surface area contributed by atoms with Crippen LogP contribution in [-0.4, -0.2) is 75.2 Å². The summed E-state index contributed by atoms with van der Waals surface area (Å²) in [5.41, 5.74) is 6.54. The molecule has 1 amide bonds. The molecule has 12 heteroatoms. The van der Waals surface area contributed by atoms with E-state index in [2.05, 4.69) is 15.6 Å². The average Bonchev–Trinajstić information content (AvgIpc) is 3.52. The first-order valence-corrected chi connectivity index (χ1v) is 13.6. The Bertz CT molecular complexity index is 1360. The highest BCUT2D eigenvalue weighted by Crippen LogP contribution is 2.37. The Balaban J connectivity index is 1.47. The summed E-state index contributed by atoms with van der Waals surface area (Å²) in [6.45, 7) is 2.22. The van der Waals surface area contributed by atoms with Gasteiger partial charge in [0.2, 0.25) is 10.0 Å². The van der Waals surface area contributed by atoms with Crippen molar-refractivity contribution in [1.82, 2.24) is 14.6 Å². The maximum Gasteiger partial charge on any atom is 0.266 e. The summed E-state index contributed by atoms with van der Waals surface area (Å²) in [6, 6.07) is 12.6. The molecule has 5 rings (SSSR count). The Labute approximate surface area is 214 Å². The number of carbonyl (C=O) groups excluding carboxylic acids is 1. The van der Waals surface area contributed by atoms with E-state index < -0.39 is 22.0 Å². The first-order chi connectivity index (χ1) is 17.3. The summed E-state index contributed by atoms with van der Waals surface area (Å²) in [4.78, 5) is 15.2. The molecule has 0 spiro atoms. The molecule has 0 bridgehead atoms. The smallest absolute Gasteiger partial charge is 0.266 e. The van der Waals surface area contributed by atoms with Crippen LogP contribution in [0.3, 0.4) is 0 Å². The fourth-order valence-corrected chi connectivity index (χ4v) is 6.64. The van der Waals surface area contributed by atoms with Gasteiger partial charge in [-0.05, 0) is 37.2 Å². The molecule has 5 N–H and O–H groups in total. The van der Waals surface area contributed by atoms with Crippen LogP contribution in [-0.2, 0) is 14.8 Å². The minimum atomic E-state index is -4.13. The van der Waals surface area contributed by atoms with Crippen LogP contribution in [0.25, 0.3) is 10.9 Å². The van der Waals surface area contributed by atoms with Gasteiger partial charge in [-0.25, -0.2) is 8.42 Å². The van der Waals surface area contributed by atoms with Crippen molar-refractivity contribution in [1.29, 1.82) is 0 Å². The van der Waals surface area contributed by atoms with E-state index in [1.807, 2.05) is 30.3 Å². The lowest BCUT2D eigenvalue weighted by Crippen LogP contribution is -2.47. The van der Waals surface area contributed by atoms with Crippen LogP contribution in [0.2, 0.25) is 5.02 Å². The van der Waals surface area contributed by atoms with Crippen LogP contribution >= 0.6 is 11.6 Å². The minimum absolute atomic E-state index is 0.0689. The highest BCUT2D eigenvalue weighted by molar-refractivity contribution is 7.89. The molecular formula is C24H28ClN5O5S. The number of fused-ring (bicyclic) bond motifs is 1. The van der Waals surface area contributed by atoms with Gasteiger partial charge in [-0.15, -0.1) is 0 Å². The molecule has 2 saturated heterocycles. The third kappa shape index (κ3) is 5.02. The number of amides is 1. The Morgan fingerprint density at radius 1 is 1.28 bits per heavy atom. The molecule has 2 aliphatic heterocycles. The molecule has 3 aromatic rings. The van der Waals surface area contributed by atoms with Crippen LogP contribution in [0.15, 0.2) is 47.4 Å². The lowest BCUT2D eigenvalue weighted by molar-refractivity contribution is -0.0249. The van der Waals surface area contributed by atoms with Gasteiger partial charge in [-0.1, -0.05) is 29.8 Å². The van der Waals surface area contributed by atoms with E-state index >= 15 is 0 Å². The lowest BCUT2D eigenvalue weighted by Gasteiger charge is -2.32.